The average Bonchev–Trinajstić information content (AvgIpc) is 3.41. The molecule has 1 aliphatic rings. The highest BCUT2D eigenvalue weighted by molar-refractivity contribution is 6.31. The molecule has 1 aromatic heterocycles. The summed E-state index contributed by atoms with van der Waals surface area (Å²) in [5.41, 5.74) is 2.67. The van der Waals surface area contributed by atoms with E-state index >= 15 is 0 Å². The zero-order valence-electron chi connectivity index (χ0n) is 21.2. The van der Waals surface area contributed by atoms with Gasteiger partial charge in [-0.2, -0.15) is 5.10 Å². The van der Waals surface area contributed by atoms with Gasteiger partial charge in [0.25, 0.3) is 0 Å². The number of H-pyrrole nitrogens is 1. The van der Waals surface area contributed by atoms with Crippen molar-refractivity contribution in [2.24, 2.45) is 0 Å². The number of nitrogens with zero attached hydrogens (tertiary/aromatic N) is 2. The Morgan fingerprint density at radius 1 is 1.15 bits per heavy atom. The number of benzene rings is 3. The Bertz CT molecular complexity index is 1680. The standard InChI is InChI=1S/C29H23ClF2N4O4/c1-15-17(2-3-19-14-33-35-27(15)19)12-23(28(38)34-20-6-4-16(5-7-20)29(39)40)36-11-10-18(13-24(36)37)25-22(31)9-8-21(30)26(25)32/h2-9,13-14,23H,10-12H2,1H3,(H,33,35)(H,34,38)(H,39,40)/t23-/m0/s1. The number of hydrogen-bond acceptors (Lipinski definition) is 4. The highest BCUT2D eigenvalue weighted by Crippen LogP contribution is 2.32. The van der Waals surface area contributed by atoms with Crippen LogP contribution >= 0.6 is 11.6 Å². The highest BCUT2D eigenvalue weighted by Gasteiger charge is 2.33. The number of aryl methyl sites for hydroxylation is 1. The summed E-state index contributed by atoms with van der Waals surface area (Å²) in [5.74, 6) is -3.97. The molecule has 11 heteroatoms. The number of carboxylic acid groups (broad SMARTS) is 1. The third-order valence-corrected chi connectivity index (χ3v) is 7.34. The molecule has 0 unspecified atom stereocenters. The first-order valence-corrected chi connectivity index (χ1v) is 12.7. The smallest absolute Gasteiger partial charge is 0.335 e. The van der Waals surface area contributed by atoms with Crippen LogP contribution in [0.5, 0.6) is 0 Å². The summed E-state index contributed by atoms with van der Waals surface area (Å²) < 4.78 is 29.2. The fraction of sp³-hybridized carbons (Fsp3) is 0.172. The highest BCUT2D eigenvalue weighted by atomic mass is 35.5. The molecule has 0 bridgehead atoms. The Morgan fingerprint density at radius 2 is 1.90 bits per heavy atom. The van der Waals surface area contributed by atoms with Gasteiger partial charge in [-0.05, 0) is 66.4 Å². The van der Waals surface area contributed by atoms with Crippen molar-refractivity contribution in [1.29, 1.82) is 0 Å². The van der Waals surface area contributed by atoms with E-state index in [1.165, 1.54) is 29.2 Å². The Morgan fingerprint density at radius 3 is 2.60 bits per heavy atom. The van der Waals surface area contributed by atoms with Crippen LogP contribution in [0.4, 0.5) is 14.5 Å². The van der Waals surface area contributed by atoms with E-state index in [9.17, 15) is 23.2 Å². The van der Waals surface area contributed by atoms with Gasteiger partial charge < -0.3 is 15.3 Å². The van der Waals surface area contributed by atoms with E-state index in [4.69, 9.17) is 16.7 Å². The lowest BCUT2D eigenvalue weighted by Gasteiger charge is -2.34. The van der Waals surface area contributed by atoms with E-state index in [-0.39, 0.29) is 41.1 Å². The van der Waals surface area contributed by atoms with Crippen LogP contribution < -0.4 is 5.32 Å². The first kappa shape index (κ1) is 27.0. The first-order valence-electron chi connectivity index (χ1n) is 12.3. The normalized spacial score (nSPS) is 14.2. The number of hydrogen-bond donors (Lipinski definition) is 3. The minimum Gasteiger partial charge on any atom is -0.478 e. The third-order valence-electron chi connectivity index (χ3n) is 7.05. The molecule has 3 N–H and O–H groups in total. The molecule has 0 radical (unpaired) electrons. The number of halogens is 3. The number of carbonyl (C=O) groups is 3. The van der Waals surface area contributed by atoms with Crippen molar-refractivity contribution in [3.63, 3.8) is 0 Å². The maximum Gasteiger partial charge on any atom is 0.335 e. The predicted octanol–water partition coefficient (Wildman–Crippen LogP) is 5.37. The summed E-state index contributed by atoms with van der Waals surface area (Å²) in [7, 11) is 0. The number of anilines is 1. The summed E-state index contributed by atoms with van der Waals surface area (Å²) >= 11 is 5.85. The molecule has 204 valence electrons. The zero-order chi connectivity index (χ0) is 28.6. The molecular formula is C29H23ClF2N4O4. The quantitative estimate of drug-likeness (QED) is 0.261. The van der Waals surface area contributed by atoms with Gasteiger partial charge in [-0.1, -0.05) is 23.7 Å². The fourth-order valence-electron chi connectivity index (χ4n) is 4.88. The van der Waals surface area contributed by atoms with E-state index in [0.717, 1.165) is 40.2 Å². The van der Waals surface area contributed by atoms with Gasteiger partial charge in [-0.25, -0.2) is 13.6 Å². The Labute approximate surface area is 232 Å². The molecular weight excluding hydrogens is 542 g/mol. The van der Waals surface area contributed by atoms with Crippen LogP contribution in [-0.4, -0.2) is 50.6 Å². The Kier molecular flexibility index (Phi) is 7.36. The summed E-state index contributed by atoms with van der Waals surface area (Å²) in [5, 5.41) is 19.6. The molecule has 8 nitrogen and oxygen atoms in total. The summed E-state index contributed by atoms with van der Waals surface area (Å²) in [6, 6.07) is 10.5. The molecule has 5 rings (SSSR count). The van der Waals surface area contributed by atoms with E-state index < -0.39 is 35.5 Å². The molecule has 40 heavy (non-hydrogen) atoms. The molecule has 1 aliphatic heterocycles. The zero-order valence-corrected chi connectivity index (χ0v) is 21.9. The largest absolute Gasteiger partial charge is 0.478 e. The lowest BCUT2D eigenvalue weighted by atomic mass is 9.94. The maximum atomic E-state index is 14.7. The molecule has 4 aromatic rings. The van der Waals surface area contributed by atoms with Gasteiger partial charge in [0.15, 0.2) is 5.82 Å². The van der Waals surface area contributed by atoms with Crippen LogP contribution in [0.15, 0.2) is 60.8 Å². The minimum atomic E-state index is -1.10. The van der Waals surface area contributed by atoms with Crippen molar-refractivity contribution in [2.45, 2.75) is 25.8 Å². The topological polar surface area (TPSA) is 115 Å². The van der Waals surface area contributed by atoms with Crippen LogP contribution in [0.1, 0.15) is 33.5 Å². The second-order valence-electron chi connectivity index (χ2n) is 9.44. The van der Waals surface area contributed by atoms with Gasteiger partial charge in [0.1, 0.15) is 11.9 Å². The molecule has 0 saturated carbocycles. The summed E-state index contributed by atoms with van der Waals surface area (Å²) in [4.78, 5) is 39.5. The molecule has 0 spiro atoms. The summed E-state index contributed by atoms with van der Waals surface area (Å²) in [6.45, 7) is 1.91. The van der Waals surface area contributed by atoms with Crippen molar-refractivity contribution in [3.05, 3.63) is 99.7 Å². The first-order chi connectivity index (χ1) is 19.1. The minimum absolute atomic E-state index is 0.0252. The molecule has 2 amide bonds. The molecule has 0 fully saturated rings. The van der Waals surface area contributed by atoms with Crippen molar-refractivity contribution in [1.82, 2.24) is 15.1 Å². The van der Waals surface area contributed by atoms with Gasteiger partial charge in [0.05, 0.1) is 27.9 Å². The van der Waals surface area contributed by atoms with Crippen molar-refractivity contribution >= 4 is 51.5 Å². The van der Waals surface area contributed by atoms with Crippen LogP contribution in [0, 0.1) is 18.6 Å². The van der Waals surface area contributed by atoms with Crippen LogP contribution in [0.3, 0.4) is 0 Å². The molecule has 0 aliphatic carbocycles. The number of aromatic nitrogens is 2. The Balaban J connectivity index is 1.48. The van der Waals surface area contributed by atoms with Gasteiger partial charge in [0, 0.05) is 30.1 Å². The van der Waals surface area contributed by atoms with Gasteiger partial charge >= 0.3 is 5.97 Å². The second kappa shape index (κ2) is 10.9. The lowest BCUT2D eigenvalue weighted by Crippen LogP contribution is -2.50. The number of carboxylic acids is 1. The van der Waals surface area contributed by atoms with Crippen LogP contribution in [0.25, 0.3) is 16.5 Å². The van der Waals surface area contributed by atoms with Gasteiger partial charge in [-0.15, -0.1) is 0 Å². The lowest BCUT2D eigenvalue weighted by molar-refractivity contribution is -0.135. The number of nitrogens with one attached hydrogen (secondary N) is 2. The molecule has 1 atom stereocenters. The maximum absolute atomic E-state index is 14.7. The van der Waals surface area contributed by atoms with Gasteiger partial charge in [-0.3, -0.25) is 14.7 Å². The third kappa shape index (κ3) is 5.17. The number of rotatable bonds is 7. The van der Waals surface area contributed by atoms with E-state index in [1.54, 1.807) is 6.20 Å². The number of fused-ring (bicyclic) bond motifs is 1. The molecule has 3 aromatic carbocycles. The molecule has 0 saturated heterocycles. The summed E-state index contributed by atoms with van der Waals surface area (Å²) in [6.07, 6.45) is 3.06. The number of aromatic carboxylic acids is 1. The number of amides is 2. The van der Waals surface area contributed by atoms with Crippen molar-refractivity contribution < 1.29 is 28.3 Å². The second-order valence-corrected chi connectivity index (χ2v) is 9.85. The van der Waals surface area contributed by atoms with Crippen LogP contribution in [-0.2, 0) is 16.0 Å². The van der Waals surface area contributed by atoms with Gasteiger partial charge in [0.2, 0.25) is 11.8 Å². The average molecular weight is 565 g/mol. The SMILES string of the molecule is Cc1c(C[C@@H](C(=O)Nc2ccc(C(=O)O)cc2)N2CCC(c3c(F)ccc(Cl)c3F)=CC2=O)ccc2cn[nH]c12. The van der Waals surface area contributed by atoms with Crippen molar-refractivity contribution in [3.8, 4) is 0 Å². The predicted molar refractivity (Wildman–Crippen MR) is 146 cm³/mol. The van der Waals surface area contributed by atoms with E-state index in [2.05, 4.69) is 15.5 Å². The molecule has 2 heterocycles. The fourth-order valence-corrected chi connectivity index (χ4v) is 5.03. The van der Waals surface area contributed by atoms with Crippen molar-refractivity contribution in [2.75, 3.05) is 11.9 Å². The monoisotopic (exact) mass is 564 g/mol. The number of carbonyl (C=O) groups excluding carboxylic acids is 2. The van der Waals surface area contributed by atoms with E-state index in [0.29, 0.717) is 5.69 Å². The van der Waals surface area contributed by atoms with E-state index in [1.807, 2.05) is 19.1 Å². The van der Waals surface area contributed by atoms with Crippen LogP contribution in [0.2, 0.25) is 5.02 Å². The number of aromatic amines is 1. The Hall–Kier alpha value is -4.57.